The fraction of sp³-hybridized carbons (Fsp3) is 0.333. The predicted octanol–water partition coefficient (Wildman–Crippen LogP) is 2.79. The van der Waals surface area contributed by atoms with Crippen molar-refractivity contribution in [2.24, 2.45) is 0 Å². The molecule has 0 aromatic heterocycles. The molecule has 0 aliphatic heterocycles. The second-order valence-corrected chi connectivity index (χ2v) is 6.40. The number of hydrogen-bond acceptors (Lipinski definition) is 3. The standard InChI is InChI=1S/C21H26N2O3/c1-16(2)23(15-18-7-5-4-6-8-18)21(25)14-22-20(24)13-17-9-11-19(26-3)12-10-17/h4-12,16H,13-15H2,1-3H3,(H,22,24). The molecule has 0 aliphatic carbocycles. The minimum Gasteiger partial charge on any atom is -0.497 e. The average Bonchev–Trinajstić information content (AvgIpc) is 2.65. The van der Waals surface area contributed by atoms with Crippen molar-refractivity contribution in [3.63, 3.8) is 0 Å². The molecule has 2 amide bonds. The van der Waals surface area contributed by atoms with Gasteiger partial charge < -0.3 is 15.0 Å². The van der Waals surface area contributed by atoms with Crippen LogP contribution in [0.4, 0.5) is 0 Å². The Bertz CT molecular complexity index is 712. The van der Waals surface area contributed by atoms with E-state index in [1.54, 1.807) is 12.0 Å². The molecule has 2 aromatic carbocycles. The van der Waals surface area contributed by atoms with Crippen molar-refractivity contribution in [1.82, 2.24) is 10.2 Å². The molecule has 0 atom stereocenters. The molecule has 26 heavy (non-hydrogen) atoms. The van der Waals surface area contributed by atoms with E-state index in [0.717, 1.165) is 16.9 Å². The zero-order valence-electron chi connectivity index (χ0n) is 15.6. The first kappa shape index (κ1) is 19.5. The molecule has 0 saturated heterocycles. The summed E-state index contributed by atoms with van der Waals surface area (Å²) in [6, 6.07) is 17.2. The molecule has 0 bridgehead atoms. The predicted molar refractivity (Wildman–Crippen MR) is 102 cm³/mol. The van der Waals surface area contributed by atoms with Crippen LogP contribution in [-0.2, 0) is 22.6 Å². The summed E-state index contributed by atoms with van der Waals surface area (Å²) in [5, 5.41) is 2.72. The number of carbonyl (C=O) groups is 2. The number of carbonyl (C=O) groups excluding carboxylic acids is 2. The van der Waals surface area contributed by atoms with Crippen molar-refractivity contribution in [2.45, 2.75) is 32.9 Å². The van der Waals surface area contributed by atoms with Crippen molar-refractivity contribution >= 4 is 11.8 Å². The molecular formula is C21H26N2O3. The third-order valence-electron chi connectivity index (χ3n) is 4.10. The number of rotatable bonds is 8. The number of nitrogens with zero attached hydrogens (tertiary/aromatic N) is 1. The van der Waals surface area contributed by atoms with Crippen LogP contribution in [0.5, 0.6) is 5.75 Å². The summed E-state index contributed by atoms with van der Waals surface area (Å²) in [4.78, 5) is 26.4. The van der Waals surface area contributed by atoms with E-state index in [4.69, 9.17) is 4.74 Å². The van der Waals surface area contributed by atoms with Gasteiger partial charge in [0.2, 0.25) is 11.8 Å². The van der Waals surface area contributed by atoms with Crippen LogP contribution in [0.25, 0.3) is 0 Å². The van der Waals surface area contributed by atoms with E-state index in [1.165, 1.54) is 0 Å². The van der Waals surface area contributed by atoms with Crippen LogP contribution in [-0.4, -0.2) is 36.4 Å². The van der Waals surface area contributed by atoms with Crippen LogP contribution in [0.2, 0.25) is 0 Å². The first-order valence-electron chi connectivity index (χ1n) is 8.72. The van der Waals surface area contributed by atoms with Crippen molar-refractivity contribution in [2.75, 3.05) is 13.7 Å². The van der Waals surface area contributed by atoms with Gasteiger partial charge in [0.05, 0.1) is 20.1 Å². The van der Waals surface area contributed by atoms with Crippen LogP contribution >= 0.6 is 0 Å². The molecule has 0 unspecified atom stereocenters. The monoisotopic (exact) mass is 354 g/mol. The summed E-state index contributed by atoms with van der Waals surface area (Å²) in [6.45, 7) is 4.48. The fourth-order valence-electron chi connectivity index (χ4n) is 2.61. The molecule has 5 nitrogen and oxygen atoms in total. The van der Waals surface area contributed by atoms with E-state index in [-0.39, 0.29) is 30.8 Å². The maximum absolute atomic E-state index is 12.5. The lowest BCUT2D eigenvalue weighted by Crippen LogP contribution is -2.43. The summed E-state index contributed by atoms with van der Waals surface area (Å²) >= 11 is 0. The van der Waals surface area contributed by atoms with Crippen LogP contribution in [0, 0.1) is 0 Å². The van der Waals surface area contributed by atoms with Crippen LogP contribution in [0.15, 0.2) is 54.6 Å². The fourth-order valence-corrected chi connectivity index (χ4v) is 2.61. The van der Waals surface area contributed by atoms with Gasteiger partial charge in [-0.25, -0.2) is 0 Å². The number of ether oxygens (including phenoxy) is 1. The van der Waals surface area contributed by atoms with Crippen molar-refractivity contribution in [1.29, 1.82) is 0 Å². The highest BCUT2D eigenvalue weighted by Crippen LogP contribution is 2.12. The summed E-state index contributed by atoms with van der Waals surface area (Å²) in [5.41, 5.74) is 1.94. The third kappa shape index (κ3) is 5.92. The highest BCUT2D eigenvalue weighted by atomic mass is 16.5. The molecule has 0 saturated carbocycles. The molecule has 1 N–H and O–H groups in total. The first-order chi connectivity index (χ1) is 12.5. The molecular weight excluding hydrogens is 328 g/mol. The smallest absolute Gasteiger partial charge is 0.242 e. The minimum absolute atomic E-state index is 0.00000157. The van der Waals surface area contributed by atoms with E-state index >= 15 is 0 Å². The molecule has 0 heterocycles. The molecule has 0 spiro atoms. The number of hydrogen-bond donors (Lipinski definition) is 1. The van der Waals surface area contributed by atoms with E-state index in [2.05, 4.69) is 5.32 Å². The lowest BCUT2D eigenvalue weighted by atomic mass is 10.1. The maximum atomic E-state index is 12.5. The zero-order chi connectivity index (χ0) is 18.9. The van der Waals surface area contributed by atoms with Gasteiger partial charge in [-0.3, -0.25) is 9.59 Å². The van der Waals surface area contributed by atoms with Gasteiger partial charge in [-0.1, -0.05) is 42.5 Å². The molecule has 2 rings (SSSR count). The number of amides is 2. The summed E-state index contributed by atoms with van der Waals surface area (Å²) in [6.07, 6.45) is 0.234. The lowest BCUT2D eigenvalue weighted by molar-refractivity contribution is -0.134. The molecule has 2 aromatic rings. The first-order valence-corrected chi connectivity index (χ1v) is 8.72. The molecule has 5 heteroatoms. The summed E-state index contributed by atoms with van der Waals surface area (Å²) < 4.78 is 5.10. The van der Waals surface area contributed by atoms with E-state index in [0.29, 0.717) is 6.54 Å². The molecule has 138 valence electrons. The Hall–Kier alpha value is -2.82. The van der Waals surface area contributed by atoms with Gasteiger partial charge in [0, 0.05) is 12.6 Å². The maximum Gasteiger partial charge on any atom is 0.242 e. The van der Waals surface area contributed by atoms with Gasteiger partial charge in [-0.05, 0) is 37.1 Å². The Labute approximate surface area is 155 Å². The number of benzene rings is 2. The quantitative estimate of drug-likeness (QED) is 0.793. The average molecular weight is 354 g/mol. The number of nitrogens with one attached hydrogen (secondary N) is 1. The second-order valence-electron chi connectivity index (χ2n) is 6.40. The van der Waals surface area contributed by atoms with Gasteiger partial charge in [-0.2, -0.15) is 0 Å². The SMILES string of the molecule is COc1ccc(CC(=O)NCC(=O)N(Cc2ccccc2)C(C)C)cc1. The zero-order valence-corrected chi connectivity index (χ0v) is 15.6. The summed E-state index contributed by atoms with van der Waals surface area (Å²) in [5.74, 6) is 0.483. The second kappa shape index (κ2) is 9.61. The Morgan fingerprint density at radius 1 is 1.00 bits per heavy atom. The van der Waals surface area contributed by atoms with E-state index in [9.17, 15) is 9.59 Å². The van der Waals surface area contributed by atoms with Gasteiger partial charge in [-0.15, -0.1) is 0 Å². The largest absolute Gasteiger partial charge is 0.497 e. The lowest BCUT2D eigenvalue weighted by Gasteiger charge is -2.27. The van der Waals surface area contributed by atoms with E-state index in [1.807, 2.05) is 68.4 Å². The van der Waals surface area contributed by atoms with Crippen molar-refractivity contribution in [3.05, 3.63) is 65.7 Å². The molecule has 0 fully saturated rings. The van der Waals surface area contributed by atoms with Crippen LogP contribution in [0.3, 0.4) is 0 Å². The van der Waals surface area contributed by atoms with Crippen molar-refractivity contribution in [3.8, 4) is 5.75 Å². The van der Waals surface area contributed by atoms with Gasteiger partial charge in [0.1, 0.15) is 5.75 Å². The normalized spacial score (nSPS) is 10.5. The summed E-state index contributed by atoms with van der Waals surface area (Å²) in [7, 11) is 1.60. The third-order valence-corrected chi connectivity index (χ3v) is 4.10. The van der Waals surface area contributed by atoms with Crippen LogP contribution in [0.1, 0.15) is 25.0 Å². The molecule has 0 aliphatic rings. The Kier molecular flexibility index (Phi) is 7.21. The Morgan fingerprint density at radius 2 is 1.65 bits per heavy atom. The number of methoxy groups -OCH3 is 1. The van der Waals surface area contributed by atoms with E-state index < -0.39 is 0 Å². The van der Waals surface area contributed by atoms with Crippen molar-refractivity contribution < 1.29 is 14.3 Å². The molecule has 0 radical (unpaired) electrons. The van der Waals surface area contributed by atoms with Gasteiger partial charge in [0.15, 0.2) is 0 Å². The van der Waals surface area contributed by atoms with Crippen LogP contribution < -0.4 is 10.1 Å². The Morgan fingerprint density at radius 3 is 2.23 bits per heavy atom. The highest BCUT2D eigenvalue weighted by molar-refractivity contribution is 5.85. The van der Waals surface area contributed by atoms with Gasteiger partial charge in [0.25, 0.3) is 0 Å². The highest BCUT2D eigenvalue weighted by Gasteiger charge is 2.18. The minimum atomic E-state index is -0.174. The topological polar surface area (TPSA) is 58.6 Å². The van der Waals surface area contributed by atoms with Gasteiger partial charge >= 0.3 is 0 Å². The Balaban J connectivity index is 1.87.